The van der Waals surface area contributed by atoms with Crippen molar-refractivity contribution in [2.45, 2.75) is 25.8 Å². The Morgan fingerprint density at radius 3 is 2.93 bits per heavy atom. The maximum absolute atomic E-state index is 12.9. The van der Waals surface area contributed by atoms with Gasteiger partial charge in [-0.15, -0.1) is 0 Å². The molecular formula is C12H12FNO. The molecule has 78 valence electrons. The molecule has 0 aliphatic carbocycles. The van der Waals surface area contributed by atoms with E-state index in [0.29, 0.717) is 12.8 Å². The van der Waals surface area contributed by atoms with Crippen molar-refractivity contribution >= 4 is 12.0 Å². The summed E-state index contributed by atoms with van der Waals surface area (Å²) < 4.78 is 12.9. The Labute approximate surface area is 87.8 Å². The quantitative estimate of drug-likeness (QED) is 0.693. The number of ketones is 1. The Bertz CT molecular complexity index is 426. The maximum atomic E-state index is 12.9. The summed E-state index contributed by atoms with van der Waals surface area (Å²) >= 11 is 0. The molecule has 0 saturated carbocycles. The summed E-state index contributed by atoms with van der Waals surface area (Å²) in [5.41, 5.74) is 1.80. The number of hydrogen-bond acceptors (Lipinski definition) is 2. The average molecular weight is 205 g/mol. The van der Waals surface area contributed by atoms with Gasteiger partial charge in [0.25, 0.3) is 0 Å². The number of nitrogens with zero attached hydrogens (tertiary/aromatic N) is 1. The Morgan fingerprint density at radius 1 is 1.47 bits per heavy atom. The van der Waals surface area contributed by atoms with Crippen LogP contribution in [0.3, 0.4) is 0 Å². The summed E-state index contributed by atoms with van der Waals surface area (Å²) in [5, 5.41) is 0. The first-order chi connectivity index (χ1) is 7.16. The van der Waals surface area contributed by atoms with Crippen molar-refractivity contribution in [1.29, 1.82) is 0 Å². The highest BCUT2D eigenvalue weighted by Gasteiger charge is 2.19. The minimum absolute atomic E-state index is 0.119. The lowest BCUT2D eigenvalue weighted by atomic mass is 9.95. The van der Waals surface area contributed by atoms with E-state index in [1.807, 2.05) is 6.92 Å². The molecule has 0 amide bonds. The molecule has 2 rings (SSSR count). The SMILES string of the molecule is Cc1cc(F)ccc1[C@H]1CC(=O)CC=N1. The number of benzene rings is 1. The van der Waals surface area contributed by atoms with Crippen molar-refractivity contribution in [3.8, 4) is 0 Å². The van der Waals surface area contributed by atoms with Crippen molar-refractivity contribution in [2.24, 2.45) is 4.99 Å². The molecule has 0 unspecified atom stereocenters. The predicted octanol–water partition coefficient (Wildman–Crippen LogP) is 2.61. The van der Waals surface area contributed by atoms with Gasteiger partial charge < -0.3 is 0 Å². The fourth-order valence-electron chi connectivity index (χ4n) is 1.84. The van der Waals surface area contributed by atoms with E-state index in [1.165, 1.54) is 12.1 Å². The minimum Gasteiger partial charge on any atom is -0.299 e. The molecule has 3 heteroatoms. The molecule has 1 aromatic carbocycles. The molecule has 1 heterocycles. The van der Waals surface area contributed by atoms with Crippen LogP contribution in [0.4, 0.5) is 4.39 Å². The monoisotopic (exact) mass is 205 g/mol. The topological polar surface area (TPSA) is 29.4 Å². The third kappa shape index (κ3) is 2.12. The number of carbonyl (C=O) groups excluding carboxylic acids is 1. The van der Waals surface area contributed by atoms with E-state index in [-0.39, 0.29) is 17.6 Å². The van der Waals surface area contributed by atoms with Crippen LogP contribution in [-0.2, 0) is 4.79 Å². The first-order valence-electron chi connectivity index (χ1n) is 4.96. The standard InChI is InChI=1S/C12H12FNO/c1-8-6-9(13)2-3-11(8)12-7-10(15)4-5-14-12/h2-3,5-6,12H,4,7H2,1H3/t12-/m1/s1. The molecule has 2 nitrogen and oxygen atoms in total. The van der Waals surface area contributed by atoms with E-state index >= 15 is 0 Å². The zero-order valence-corrected chi connectivity index (χ0v) is 8.53. The highest BCUT2D eigenvalue weighted by atomic mass is 19.1. The van der Waals surface area contributed by atoms with Crippen molar-refractivity contribution in [3.05, 3.63) is 35.1 Å². The Kier molecular flexibility index (Phi) is 2.62. The van der Waals surface area contributed by atoms with E-state index in [0.717, 1.165) is 11.1 Å². The van der Waals surface area contributed by atoms with Gasteiger partial charge in [-0.1, -0.05) is 6.07 Å². The second kappa shape index (κ2) is 3.93. The van der Waals surface area contributed by atoms with E-state index in [1.54, 1.807) is 12.3 Å². The van der Waals surface area contributed by atoms with Crippen LogP contribution in [0.1, 0.15) is 30.0 Å². The number of carbonyl (C=O) groups is 1. The first-order valence-corrected chi connectivity index (χ1v) is 4.96. The van der Waals surface area contributed by atoms with E-state index in [4.69, 9.17) is 0 Å². The van der Waals surface area contributed by atoms with Crippen molar-refractivity contribution < 1.29 is 9.18 Å². The third-order valence-corrected chi connectivity index (χ3v) is 2.62. The molecule has 1 atom stereocenters. The lowest BCUT2D eigenvalue weighted by molar-refractivity contribution is -0.118. The van der Waals surface area contributed by atoms with Crippen molar-refractivity contribution in [3.63, 3.8) is 0 Å². The molecule has 0 spiro atoms. The molecule has 0 aromatic heterocycles. The second-order valence-corrected chi connectivity index (χ2v) is 3.80. The van der Waals surface area contributed by atoms with Gasteiger partial charge in [0.05, 0.1) is 6.04 Å². The molecule has 0 radical (unpaired) electrons. The summed E-state index contributed by atoms with van der Waals surface area (Å²) in [7, 11) is 0. The summed E-state index contributed by atoms with van der Waals surface area (Å²) in [4.78, 5) is 15.5. The molecule has 0 fully saturated rings. The minimum atomic E-state index is -0.248. The van der Waals surface area contributed by atoms with Crippen LogP contribution in [0.2, 0.25) is 0 Å². The van der Waals surface area contributed by atoms with Crippen LogP contribution in [0.5, 0.6) is 0 Å². The van der Waals surface area contributed by atoms with Gasteiger partial charge in [-0.25, -0.2) is 4.39 Å². The van der Waals surface area contributed by atoms with Gasteiger partial charge in [-0.2, -0.15) is 0 Å². The highest BCUT2D eigenvalue weighted by molar-refractivity contribution is 5.93. The predicted molar refractivity (Wildman–Crippen MR) is 56.6 cm³/mol. The normalized spacial score (nSPS) is 20.7. The number of aryl methyl sites for hydroxylation is 1. The lowest BCUT2D eigenvalue weighted by Gasteiger charge is -2.17. The van der Waals surface area contributed by atoms with Gasteiger partial charge in [0.2, 0.25) is 0 Å². The van der Waals surface area contributed by atoms with Gasteiger partial charge in [0.1, 0.15) is 11.6 Å². The van der Waals surface area contributed by atoms with Gasteiger partial charge in [0, 0.05) is 19.1 Å². The fraction of sp³-hybridized carbons (Fsp3) is 0.333. The molecule has 0 bridgehead atoms. The van der Waals surface area contributed by atoms with Crippen molar-refractivity contribution in [1.82, 2.24) is 0 Å². The van der Waals surface area contributed by atoms with E-state index < -0.39 is 0 Å². The average Bonchev–Trinajstić information content (AvgIpc) is 2.17. The molecule has 0 N–H and O–H groups in total. The molecule has 0 saturated heterocycles. The number of hydrogen-bond donors (Lipinski definition) is 0. The number of aliphatic imine (C=N–C) groups is 1. The van der Waals surface area contributed by atoms with Gasteiger partial charge in [-0.05, 0) is 30.2 Å². The summed E-state index contributed by atoms with van der Waals surface area (Å²) in [6, 6.07) is 4.48. The Morgan fingerprint density at radius 2 is 2.27 bits per heavy atom. The largest absolute Gasteiger partial charge is 0.299 e. The molecule has 1 aliphatic rings. The van der Waals surface area contributed by atoms with Crippen LogP contribution in [-0.4, -0.2) is 12.0 Å². The zero-order chi connectivity index (χ0) is 10.8. The van der Waals surface area contributed by atoms with Gasteiger partial charge in [-0.3, -0.25) is 9.79 Å². The lowest BCUT2D eigenvalue weighted by Crippen LogP contribution is -2.12. The number of halogens is 1. The van der Waals surface area contributed by atoms with Crippen LogP contribution in [0.25, 0.3) is 0 Å². The van der Waals surface area contributed by atoms with Crippen LogP contribution in [0, 0.1) is 12.7 Å². The Hall–Kier alpha value is -1.51. The molecular weight excluding hydrogens is 193 g/mol. The molecule has 1 aliphatic heterocycles. The second-order valence-electron chi connectivity index (χ2n) is 3.80. The Balaban J connectivity index is 2.33. The van der Waals surface area contributed by atoms with Gasteiger partial charge in [0.15, 0.2) is 0 Å². The zero-order valence-electron chi connectivity index (χ0n) is 8.53. The smallest absolute Gasteiger partial charge is 0.140 e. The summed E-state index contributed by atoms with van der Waals surface area (Å²) in [6.07, 6.45) is 2.51. The van der Waals surface area contributed by atoms with Crippen LogP contribution < -0.4 is 0 Å². The summed E-state index contributed by atoms with van der Waals surface area (Å²) in [5.74, 6) is -0.0545. The molecule has 15 heavy (non-hydrogen) atoms. The third-order valence-electron chi connectivity index (χ3n) is 2.62. The van der Waals surface area contributed by atoms with Crippen molar-refractivity contribution in [2.75, 3.05) is 0 Å². The van der Waals surface area contributed by atoms with Gasteiger partial charge >= 0.3 is 0 Å². The van der Waals surface area contributed by atoms with Crippen LogP contribution >= 0.6 is 0 Å². The fourth-order valence-corrected chi connectivity index (χ4v) is 1.84. The van der Waals surface area contributed by atoms with E-state index in [9.17, 15) is 9.18 Å². The first kappa shape index (κ1) is 10.0. The number of rotatable bonds is 1. The maximum Gasteiger partial charge on any atom is 0.140 e. The molecule has 1 aromatic rings. The summed E-state index contributed by atoms with van der Waals surface area (Å²) in [6.45, 7) is 1.84. The number of Topliss-reactive ketones (excluding diaryl/α,β-unsaturated/α-hetero) is 1. The highest BCUT2D eigenvalue weighted by Crippen LogP contribution is 2.27. The van der Waals surface area contributed by atoms with E-state index in [2.05, 4.69) is 4.99 Å². The van der Waals surface area contributed by atoms with Crippen LogP contribution in [0.15, 0.2) is 23.2 Å².